The topological polar surface area (TPSA) is 336 Å². The van der Waals surface area contributed by atoms with Gasteiger partial charge in [0.2, 0.25) is 41.4 Å². The maximum Gasteiger partial charge on any atom is 0.326 e. The summed E-state index contributed by atoms with van der Waals surface area (Å²) in [6.07, 6.45) is 0.260. The van der Waals surface area contributed by atoms with Gasteiger partial charge in [-0.25, -0.2) is 4.79 Å². The Morgan fingerprint density at radius 1 is 0.590 bits per heavy atom. The standard InChI is InChI=1S/C40H59N7O14/c1-20(2)16-26(45-38(58)32(22(4)48)47-39(59)33(42-23(5)49)25-14-10-7-11-15-25)36(56)44-27(18-30(50)51)35(55)41-21(3)34(54)43-28(19-31(52)53)37(57)46-29(40(60)61)17-24-12-8-6-9-13-24/h6,8-9,12-13,20-22,25-29,32-33,48H,7,10-11,14-19H2,1-5H3,(H,41,55)(H,42,49)(H,43,54)(H,44,56)(H,45,58)(H,46,57)(H,47,59)(H,50,51)(H,52,53)(H,60,61)/t21-,22-,26-,27-,28-,29-,32-,33-/m0/s1. The number of aliphatic hydroxyl groups excluding tert-OH is 1. The molecule has 21 heteroatoms. The molecule has 11 N–H and O–H groups in total. The summed E-state index contributed by atoms with van der Waals surface area (Å²) >= 11 is 0. The normalized spacial score (nSPS) is 16.7. The highest BCUT2D eigenvalue weighted by atomic mass is 16.4. The van der Waals surface area contributed by atoms with E-state index in [1.165, 1.54) is 13.8 Å². The number of hydrogen-bond donors (Lipinski definition) is 11. The molecule has 0 saturated heterocycles. The first-order valence-corrected chi connectivity index (χ1v) is 20.1. The van der Waals surface area contributed by atoms with Gasteiger partial charge in [0.1, 0.15) is 42.3 Å². The van der Waals surface area contributed by atoms with Crippen molar-refractivity contribution in [1.82, 2.24) is 37.2 Å². The molecule has 61 heavy (non-hydrogen) atoms. The summed E-state index contributed by atoms with van der Waals surface area (Å²) in [5, 5.41) is 55.6. The van der Waals surface area contributed by atoms with Crippen LogP contribution >= 0.6 is 0 Å². The minimum absolute atomic E-state index is 0.0595. The molecule has 7 amide bonds. The van der Waals surface area contributed by atoms with E-state index in [4.69, 9.17) is 0 Å². The molecule has 1 saturated carbocycles. The summed E-state index contributed by atoms with van der Waals surface area (Å²) in [6, 6.07) is -2.53. The number of carbonyl (C=O) groups excluding carboxylic acids is 7. The quantitative estimate of drug-likeness (QED) is 0.0576. The van der Waals surface area contributed by atoms with Crippen LogP contribution in [0.3, 0.4) is 0 Å². The van der Waals surface area contributed by atoms with E-state index < -0.39 is 120 Å². The molecule has 1 aromatic rings. The van der Waals surface area contributed by atoms with Crippen molar-refractivity contribution in [3.05, 3.63) is 35.9 Å². The minimum atomic E-state index is -1.85. The van der Waals surface area contributed by atoms with Crippen molar-refractivity contribution < 1.29 is 68.4 Å². The predicted molar refractivity (Wildman–Crippen MR) is 215 cm³/mol. The van der Waals surface area contributed by atoms with Crippen molar-refractivity contribution in [2.75, 3.05) is 0 Å². The number of rotatable bonds is 24. The summed E-state index contributed by atoms with van der Waals surface area (Å²) in [5.74, 6) is -11.7. The van der Waals surface area contributed by atoms with Crippen molar-refractivity contribution in [2.24, 2.45) is 11.8 Å². The van der Waals surface area contributed by atoms with Gasteiger partial charge in [-0.15, -0.1) is 0 Å². The van der Waals surface area contributed by atoms with E-state index in [0.29, 0.717) is 18.4 Å². The zero-order chi connectivity index (χ0) is 46.0. The number of benzene rings is 1. The van der Waals surface area contributed by atoms with Gasteiger partial charge in [-0.2, -0.15) is 0 Å². The fourth-order valence-corrected chi connectivity index (χ4v) is 6.74. The molecule has 0 aliphatic heterocycles. The van der Waals surface area contributed by atoms with E-state index in [9.17, 15) is 68.4 Å². The molecule has 0 aromatic heterocycles. The third-order valence-corrected chi connectivity index (χ3v) is 9.84. The van der Waals surface area contributed by atoms with E-state index in [0.717, 1.165) is 26.2 Å². The fraction of sp³-hybridized carbons (Fsp3) is 0.600. The van der Waals surface area contributed by atoms with E-state index in [-0.39, 0.29) is 24.7 Å². The lowest BCUT2D eigenvalue weighted by atomic mass is 9.83. The molecule has 8 atom stereocenters. The van der Waals surface area contributed by atoms with Gasteiger partial charge in [-0.3, -0.25) is 43.2 Å². The van der Waals surface area contributed by atoms with Crippen LogP contribution in [0.5, 0.6) is 0 Å². The molecular formula is C40H59N7O14. The molecule has 0 bridgehead atoms. The second-order valence-corrected chi connectivity index (χ2v) is 15.6. The summed E-state index contributed by atoms with van der Waals surface area (Å²) in [5.41, 5.74) is 0.543. The Morgan fingerprint density at radius 2 is 1.08 bits per heavy atom. The second kappa shape index (κ2) is 24.8. The molecule has 338 valence electrons. The van der Waals surface area contributed by atoms with Crippen LogP contribution in [0.15, 0.2) is 30.3 Å². The van der Waals surface area contributed by atoms with Gasteiger partial charge in [0, 0.05) is 13.3 Å². The van der Waals surface area contributed by atoms with Crippen LogP contribution in [0.1, 0.15) is 91.5 Å². The number of carboxylic acid groups (broad SMARTS) is 3. The second-order valence-electron chi connectivity index (χ2n) is 15.6. The van der Waals surface area contributed by atoms with E-state index in [1.807, 2.05) is 0 Å². The minimum Gasteiger partial charge on any atom is -0.481 e. The van der Waals surface area contributed by atoms with E-state index in [1.54, 1.807) is 44.2 Å². The number of carboxylic acids is 3. The number of amides is 7. The van der Waals surface area contributed by atoms with Gasteiger partial charge < -0.3 is 57.6 Å². The molecule has 0 heterocycles. The third kappa shape index (κ3) is 18.0. The Balaban J connectivity index is 2.20. The largest absolute Gasteiger partial charge is 0.481 e. The van der Waals surface area contributed by atoms with Crippen molar-refractivity contribution in [3.63, 3.8) is 0 Å². The lowest BCUT2D eigenvalue weighted by Gasteiger charge is -2.32. The van der Waals surface area contributed by atoms with Crippen LogP contribution in [-0.4, -0.2) is 128 Å². The van der Waals surface area contributed by atoms with Gasteiger partial charge in [0.15, 0.2) is 0 Å². The first-order chi connectivity index (χ1) is 28.6. The zero-order valence-electron chi connectivity index (χ0n) is 34.9. The van der Waals surface area contributed by atoms with E-state index in [2.05, 4.69) is 37.2 Å². The van der Waals surface area contributed by atoms with Crippen molar-refractivity contribution in [2.45, 2.75) is 141 Å². The summed E-state index contributed by atoms with van der Waals surface area (Å²) in [6.45, 7) is 7.00. The molecule has 1 aliphatic rings. The van der Waals surface area contributed by atoms with Crippen LogP contribution in [0.4, 0.5) is 0 Å². The zero-order valence-corrected chi connectivity index (χ0v) is 34.9. The smallest absolute Gasteiger partial charge is 0.326 e. The Hall–Kier alpha value is -6.12. The predicted octanol–water partition coefficient (Wildman–Crippen LogP) is -1.30. The van der Waals surface area contributed by atoms with Crippen LogP contribution in [0.25, 0.3) is 0 Å². The lowest BCUT2D eigenvalue weighted by Crippen LogP contribution is -2.62. The molecule has 1 aliphatic carbocycles. The first-order valence-electron chi connectivity index (χ1n) is 20.1. The van der Waals surface area contributed by atoms with Gasteiger partial charge in [0.25, 0.3) is 0 Å². The number of nitrogens with one attached hydrogen (secondary N) is 7. The van der Waals surface area contributed by atoms with Crippen LogP contribution in [0.2, 0.25) is 0 Å². The molecule has 0 radical (unpaired) electrons. The van der Waals surface area contributed by atoms with Gasteiger partial charge in [-0.05, 0) is 50.5 Å². The number of carbonyl (C=O) groups is 10. The highest BCUT2D eigenvalue weighted by molar-refractivity contribution is 5.98. The summed E-state index contributed by atoms with van der Waals surface area (Å²) < 4.78 is 0. The van der Waals surface area contributed by atoms with Gasteiger partial charge >= 0.3 is 17.9 Å². The fourth-order valence-electron chi connectivity index (χ4n) is 6.74. The molecule has 0 unspecified atom stereocenters. The highest BCUT2D eigenvalue weighted by Crippen LogP contribution is 2.27. The number of aliphatic hydroxyl groups is 1. The molecule has 1 fully saturated rings. The third-order valence-electron chi connectivity index (χ3n) is 9.84. The maximum absolute atomic E-state index is 13.6. The van der Waals surface area contributed by atoms with Crippen LogP contribution < -0.4 is 37.2 Å². The Labute approximate surface area is 352 Å². The van der Waals surface area contributed by atoms with Crippen LogP contribution in [-0.2, 0) is 54.4 Å². The Morgan fingerprint density at radius 3 is 1.57 bits per heavy atom. The van der Waals surface area contributed by atoms with Crippen molar-refractivity contribution >= 4 is 59.3 Å². The highest BCUT2D eigenvalue weighted by Gasteiger charge is 2.37. The molecular weight excluding hydrogens is 802 g/mol. The SMILES string of the molecule is CC(=O)N[C@H](C(=O)N[C@H](C(=O)N[C@@H](CC(C)C)C(=O)N[C@@H](CC(=O)O)C(=O)N[C@@H](C)C(=O)N[C@@H](CC(=O)O)C(=O)N[C@@H](Cc1ccccc1)C(=O)O)[C@H](C)O)C1CCCCC1. The molecule has 0 spiro atoms. The number of aliphatic carboxylic acids is 3. The van der Waals surface area contributed by atoms with E-state index >= 15 is 0 Å². The van der Waals surface area contributed by atoms with Gasteiger partial charge in [0.05, 0.1) is 18.9 Å². The average Bonchev–Trinajstić information content (AvgIpc) is 3.17. The van der Waals surface area contributed by atoms with Crippen molar-refractivity contribution in [1.29, 1.82) is 0 Å². The molecule has 2 rings (SSSR count). The maximum atomic E-state index is 13.6. The number of hydrogen-bond acceptors (Lipinski definition) is 11. The Bertz CT molecular complexity index is 1730. The van der Waals surface area contributed by atoms with Gasteiger partial charge in [-0.1, -0.05) is 63.4 Å². The summed E-state index contributed by atoms with van der Waals surface area (Å²) in [7, 11) is 0. The summed E-state index contributed by atoms with van der Waals surface area (Å²) in [4.78, 5) is 127. The lowest BCUT2D eigenvalue weighted by molar-refractivity contribution is -0.143. The monoisotopic (exact) mass is 861 g/mol. The van der Waals surface area contributed by atoms with Crippen LogP contribution in [0, 0.1) is 11.8 Å². The van der Waals surface area contributed by atoms with Crippen molar-refractivity contribution in [3.8, 4) is 0 Å². The first kappa shape index (κ1) is 51.0. The molecule has 21 nitrogen and oxygen atoms in total. The Kier molecular flexibility index (Phi) is 20.8. The average molecular weight is 862 g/mol. The molecule has 1 aromatic carbocycles.